The van der Waals surface area contributed by atoms with Crippen molar-refractivity contribution in [1.29, 1.82) is 0 Å². The molecule has 0 radical (unpaired) electrons. The van der Waals surface area contributed by atoms with Crippen LogP contribution in [0.1, 0.15) is 41.1 Å². The van der Waals surface area contributed by atoms with Crippen LogP contribution in [0.5, 0.6) is 0 Å². The molecule has 3 aromatic rings. The lowest BCUT2D eigenvalue weighted by atomic mass is 10.1. The van der Waals surface area contributed by atoms with Crippen LogP contribution in [0.15, 0.2) is 65.1 Å². The fourth-order valence-electron chi connectivity index (χ4n) is 3.54. The third kappa shape index (κ3) is 3.27. The maximum absolute atomic E-state index is 12.7. The summed E-state index contributed by atoms with van der Waals surface area (Å²) in [6.45, 7) is 3.85. The molecule has 0 aliphatic heterocycles. The van der Waals surface area contributed by atoms with Gasteiger partial charge in [0, 0.05) is 11.6 Å². The minimum Gasteiger partial charge on any atom is -0.441 e. The summed E-state index contributed by atoms with van der Waals surface area (Å²) in [5, 5.41) is 3.10. The zero-order valence-corrected chi connectivity index (χ0v) is 15.0. The van der Waals surface area contributed by atoms with Gasteiger partial charge in [0.15, 0.2) is 5.69 Å². The topological polar surface area (TPSA) is 55.1 Å². The van der Waals surface area contributed by atoms with Gasteiger partial charge in [-0.3, -0.25) is 4.79 Å². The lowest BCUT2D eigenvalue weighted by molar-refractivity contribution is 0.0929. The molecule has 1 N–H and O–H groups in total. The van der Waals surface area contributed by atoms with E-state index in [1.54, 1.807) is 6.92 Å². The average molecular weight is 346 g/mol. The summed E-state index contributed by atoms with van der Waals surface area (Å²) in [6, 6.07) is 20.2. The molecule has 0 saturated heterocycles. The molecular weight excluding hydrogens is 324 g/mol. The number of carbonyl (C=O) groups excluding carboxylic acids is 1. The summed E-state index contributed by atoms with van der Waals surface area (Å²) in [4.78, 5) is 17.1. The highest BCUT2D eigenvalue weighted by Crippen LogP contribution is 2.49. The van der Waals surface area contributed by atoms with Crippen LogP contribution in [0, 0.1) is 12.8 Å². The second-order valence-corrected chi connectivity index (χ2v) is 6.97. The fourth-order valence-corrected chi connectivity index (χ4v) is 3.54. The maximum Gasteiger partial charge on any atom is 0.273 e. The van der Waals surface area contributed by atoms with Crippen molar-refractivity contribution < 1.29 is 9.21 Å². The van der Waals surface area contributed by atoms with Gasteiger partial charge in [0.2, 0.25) is 5.89 Å². The molecule has 1 aromatic heterocycles. The van der Waals surface area contributed by atoms with Crippen LogP contribution in [0.2, 0.25) is 0 Å². The number of aryl methyl sites for hydroxylation is 1. The van der Waals surface area contributed by atoms with Gasteiger partial charge in [-0.05, 0) is 49.8 Å². The van der Waals surface area contributed by atoms with Crippen molar-refractivity contribution in [2.24, 2.45) is 5.92 Å². The molecule has 1 amide bonds. The first-order valence-corrected chi connectivity index (χ1v) is 9.02. The number of oxazole rings is 1. The van der Waals surface area contributed by atoms with Gasteiger partial charge in [0.1, 0.15) is 5.76 Å². The van der Waals surface area contributed by atoms with Crippen LogP contribution in [-0.4, -0.2) is 16.9 Å². The van der Waals surface area contributed by atoms with E-state index in [0.717, 1.165) is 12.0 Å². The maximum atomic E-state index is 12.7. The predicted octanol–water partition coefficient (Wildman–Crippen LogP) is 4.57. The highest BCUT2D eigenvalue weighted by atomic mass is 16.4. The first-order valence-electron chi connectivity index (χ1n) is 9.02. The van der Waals surface area contributed by atoms with Gasteiger partial charge >= 0.3 is 0 Å². The van der Waals surface area contributed by atoms with E-state index < -0.39 is 0 Å². The summed E-state index contributed by atoms with van der Waals surface area (Å²) in [5.74, 6) is 1.87. The van der Waals surface area contributed by atoms with E-state index in [1.807, 2.05) is 36.4 Å². The number of nitrogens with one attached hydrogen (secondary N) is 1. The number of benzene rings is 2. The highest BCUT2D eigenvalue weighted by Gasteiger charge is 2.42. The molecule has 4 rings (SSSR count). The Morgan fingerprint density at radius 3 is 2.46 bits per heavy atom. The second kappa shape index (κ2) is 6.79. The van der Waals surface area contributed by atoms with Crippen molar-refractivity contribution in [3.8, 4) is 11.5 Å². The lowest BCUT2D eigenvalue weighted by Crippen LogP contribution is -2.35. The summed E-state index contributed by atoms with van der Waals surface area (Å²) in [7, 11) is 0. The average Bonchev–Trinajstić information content (AvgIpc) is 3.38. The SMILES string of the molecule is Cc1oc(-c2ccccc2)nc1C(=O)NC(C)C1CC1c1ccccc1. The Bertz CT molecular complexity index is 902. The van der Waals surface area contributed by atoms with E-state index in [-0.39, 0.29) is 11.9 Å². The Balaban J connectivity index is 1.43. The normalized spacial score (nSPS) is 19.8. The quantitative estimate of drug-likeness (QED) is 0.736. The molecule has 4 nitrogen and oxygen atoms in total. The Hall–Kier alpha value is -2.88. The van der Waals surface area contributed by atoms with Crippen LogP contribution < -0.4 is 5.32 Å². The van der Waals surface area contributed by atoms with E-state index >= 15 is 0 Å². The van der Waals surface area contributed by atoms with E-state index in [1.165, 1.54) is 5.56 Å². The summed E-state index contributed by atoms with van der Waals surface area (Å²) >= 11 is 0. The number of aromatic nitrogens is 1. The molecule has 1 saturated carbocycles. The predicted molar refractivity (Wildman–Crippen MR) is 101 cm³/mol. The molecule has 132 valence electrons. The molecule has 2 aromatic carbocycles. The van der Waals surface area contributed by atoms with Gasteiger partial charge in [-0.1, -0.05) is 48.5 Å². The molecule has 3 unspecified atom stereocenters. The molecular formula is C22H22N2O2. The van der Waals surface area contributed by atoms with Crippen molar-refractivity contribution in [1.82, 2.24) is 10.3 Å². The molecule has 3 atom stereocenters. The summed E-state index contributed by atoms with van der Waals surface area (Å²) < 4.78 is 5.70. The molecule has 0 spiro atoms. The third-order valence-corrected chi connectivity index (χ3v) is 5.10. The summed E-state index contributed by atoms with van der Waals surface area (Å²) in [5.41, 5.74) is 2.59. The fraction of sp³-hybridized carbons (Fsp3) is 0.273. The van der Waals surface area contributed by atoms with Crippen LogP contribution >= 0.6 is 0 Å². The Morgan fingerprint density at radius 1 is 1.12 bits per heavy atom. The van der Waals surface area contributed by atoms with E-state index in [2.05, 4.69) is 41.5 Å². The standard InChI is InChI=1S/C22H22N2O2/c1-14(18-13-19(18)16-9-5-3-6-10-16)23-21(25)20-15(2)26-22(24-20)17-11-7-4-8-12-17/h3-12,14,18-19H,13H2,1-2H3,(H,23,25). The van der Waals surface area contributed by atoms with E-state index in [0.29, 0.717) is 29.2 Å². The second-order valence-electron chi connectivity index (χ2n) is 6.97. The van der Waals surface area contributed by atoms with Gasteiger partial charge in [-0.2, -0.15) is 0 Å². The molecule has 1 aliphatic rings. The molecule has 0 bridgehead atoms. The first kappa shape index (κ1) is 16.6. The van der Waals surface area contributed by atoms with Crippen LogP contribution in [0.4, 0.5) is 0 Å². The van der Waals surface area contributed by atoms with Crippen molar-refractivity contribution in [3.05, 3.63) is 77.7 Å². The molecule has 1 fully saturated rings. The van der Waals surface area contributed by atoms with Crippen molar-refractivity contribution in [2.45, 2.75) is 32.2 Å². The Labute approximate surface area is 153 Å². The summed E-state index contributed by atoms with van der Waals surface area (Å²) in [6.07, 6.45) is 1.11. The van der Waals surface area contributed by atoms with Gasteiger partial charge in [0.05, 0.1) is 0 Å². The monoisotopic (exact) mass is 346 g/mol. The Kier molecular flexibility index (Phi) is 4.33. The van der Waals surface area contributed by atoms with Gasteiger partial charge in [0.25, 0.3) is 5.91 Å². The minimum atomic E-state index is -0.167. The van der Waals surface area contributed by atoms with Gasteiger partial charge < -0.3 is 9.73 Å². The van der Waals surface area contributed by atoms with Crippen LogP contribution in [-0.2, 0) is 0 Å². The minimum absolute atomic E-state index is 0.101. The molecule has 1 heterocycles. The van der Waals surface area contributed by atoms with Crippen molar-refractivity contribution in [2.75, 3.05) is 0 Å². The number of rotatable bonds is 5. The number of amides is 1. The highest BCUT2D eigenvalue weighted by molar-refractivity contribution is 5.93. The van der Waals surface area contributed by atoms with Gasteiger partial charge in [-0.25, -0.2) is 4.98 Å². The van der Waals surface area contributed by atoms with E-state index in [4.69, 9.17) is 4.42 Å². The zero-order chi connectivity index (χ0) is 18.1. The molecule has 4 heteroatoms. The van der Waals surface area contributed by atoms with E-state index in [9.17, 15) is 4.79 Å². The molecule has 1 aliphatic carbocycles. The van der Waals surface area contributed by atoms with Crippen LogP contribution in [0.3, 0.4) is 0 Å². The van der Waals surface area contributed by atoms with Crippen molar-refractivity contribution >= 4 is 5.91 Å². The Morgan fingerprint density at radius 2 is 1.77 bits per heavy atom. The zero-order valence-electron chi connectivity index (χ0n) is 15.0. The van der Waals surface area contributed by atoms with Crippen LogP contribution in [0.25, 0.3) is 11.5 Å². The van der Waals surface area contributed by atoms with Gasteiger partial charge in [-0.15, -0.1) is 0 Å². The smallest absolute Gasteiger partial charge is 0.273 e. The number of hydrogen-bond donors (Lipinski definition) is 1. The largest absolute Gasteiger partial charge is 0.441 e. The first-order chi connectivity index (χ1) is 12.6. The number of hydrogen-bond acceptors (Lipinski definition) is 3. The third-order valence-electron chi connectivity index (χ3n) is 5.10. The molecule has 26 heavy (non-hydrogen) atoms. The van der Waals surface area contributed by atoms with Crippen molar-refractivity contribution in [3.63, 3.8) is 0 Å². The lowest BCUT2D eigenvalue weighted by Gasteiger charge is -2.13. The number of nitrogens with zero attached hydrogens (tertiary/aromatic N) is 1. The number of carbonyl (C=O) groups is 1.